The Morgan fingerprint density at radius 1 is 1.09 bits per heavy atom. The molecule has 4 N–H and O–H groups in total. The molecule has 0 aliphatic heterocycles. The van der Waals surface area contributed by atoms with E-state index in [-0.39, 0.29) is 5.56 Å². The molecule has 0 bridgehead atoms. The van der Waals surface area contributed by atoms with Crippen molar-refractivity contribution in [1.29, 1.82) is 0 Å². The van der Waals surface area contributed by atoms with E-state index < -0.39 is 0 Å². The highest BCUT2D eigenvalue weighted by Gasteiger charge is 2.17. The van der Waals surface area contributed by atoms with E-state index in [0.29, 0.717) is 56.0 Å². The highest BCUT2D eigenvalue weighted by Crippen LogP contribution is 2.34. The van der Waals surface area contributed by atoms with Gasteiger partial charge in [0.25, 0.3) is 5.56 Å². The van der Waals surface area contributed by atoms with Crippen molar-refractivity contribution in [3.8, 4) is 0 Å². The summed E-state index contributed by atoms with van der Waals surface area (Å²) >= 11 is 12.6. The smallest absolute Gasteiger partial charge is 0.261 e. The largest absolute Gasteiger partial charge is 0.326 e. The lowest BCUT2D eigenvalue weighted by atomic mass is 10.1. The number of aryl methyl sites for hydroxylation is 1. The SMILES string of the molecule is CC(=Cc1cccc(CN)c1)c1nc2ccc3nc(Nc4c(Cl)cccc4Cl)n(C)c3c2c(=O)[nH]1. The summed E-state index contributed by atoms with van der Waals surface area (Å²) in [6.45, 7) is 2.38. The summed E-state index contributed by atoms with van der Waals surface area (Å²) in [7, 11) is 1.82. The van der Waals surface area contributed by atoms with Crippen LogP contribution in [0, 0.1) is 0 Å². The fourth-order valence-corrected chi connectivity index (χ4v) is 4.58. The molecule has 0 saturated heterocycles. The molecule has 35 heavy (non-hydrogen) atoms. The van der Waals surface area contributed by atoms with Gasteiger partial charge < -0.3 is 20.6 Å². The number of hydrogen-bond donors (Lipinski definition) is 3. The van der Waals surface area contributed by atoms with Crippen molar-refractivity contribution in [3.63, 3.8) is 0 Å². The Bertz CT molecular complexity index is 1670. The summed E-state index contributed by atoms with van der Waals surface area (Å²) in [5.41, 5.74) is 10.8. The molecule has 3 aromatic carbocycles. The second-order valence-corrected chi connectivity index (χ2v) is 9.05. The number of rotatable bonds is 5. The Morgan fingerprint density at radius 2 is 1.80 bits per heavy atom. The first kappa shape index (κ1) is 23.1. The average Bonchev–Trinajstić information content (AvgIpc) is 3.16. The highest BCUT2D eigenvalue weighted by atomic mass is 35.5. The predicted octanol–water partition coefficient (Wildman–Crippen LogP) is 5.88. The monoisotopic (exact) mass is 504 g/mol. The van der Waals surface area contributed by atoms with Crippen molar-refractivity contribution in [3.05, 3.63) is 91.9 Å². The second kappa shape index (κ2) is 9.19. The fraction of sp³-hybridized carbons (Fsp3) is 0.115. The molecule has 7 nitrogen and oxygen atoms in total. The van der Waals surface area contributed by atoms with Gasteiger partial charge in [-0.1, -0.05) is 53.5 Å². The average molecular weight is 505 g/mol. The Balaban J connectivity index is 1.60. The maximum absolute atomic E-state index is 13.3. The quantitative estimate of drug-likeness (QED) is 0.277. The molecule has 0 spiro atoms. The molecule has 0 fully saturated rings. The van der Waals surface area contributed by atoms with E-state index in [2.05, 4.69) is 15.3 Å². The first-order valence-electron chi connectivity index (χ1n) is 10.9. The second-order valence-electron chi connectivity index (χ2n) is 8.23. The van der Waals surface area contributed by atoms with Crippen LogP contribution >= 0.6 is 23.2 Å². The van der Waals surface area contributed by atoms with E-state index >= 15 is 0 Å². The summed E-state index contributed by atoms with van der Waals surface area (Å²) in [6, 6.07) is 16.8. The number of nitrogens with zero attached hydrogens (tertiary/aromatic N) is 3. The number of H-pyrrole nitrogens is 1. The van der Waals surface area contributed by atoms with Crippen LogP contribution in [0.2, 0.25) is 10.0 Å². The molecule has 0 aliphatic rings. The number of hydrogen-bond acceptors (Lipinski definition) is 5. The molecular weight excluding hydrogens is 483 g/mol. The van der Waals surface area contributed by atoms with Crippen molar-refractivity contribution in [1.82, 2.24) is 19.5 Å². The molecule has 9 heteroatoms. The molecule has 0 aliphatic carbocycles. The third-order valence-electron chi connectivity index (χ3n) is 5.85. The predicted molar refractivity (Wildman–Crippen MR) is 144 cm³/mol. The molecule has 0 radical (unpaired) electrons. The highest BCUT2D eigenvalue weighted by molar-refractivity contribution is 6.39. The number of halogens is 2. The lowest BCUT2D eigenvalue weighted by Crippen LogP contribution is -2.12. The molecule has 2 aromatic heterocycles. The topological polar surface area (TPSA) is 102 Å². The molecule has 2 heterocycles. The van der Waals surface area contributed by atoms with Gasteiger partial charge in [0, 0.05) is 13.6 Å². The van der Waals surface area contributed by atoms with Crippen molar-refractivity contribution in [2.75, 3.05) is 5.32 Å². The number of benzene rings is 3. The molecule has 5 aromatic rings. The van der Waals surface area contributed by atoms with E-state index in [4.69, 9.17) is 33.9 Å². The minimum absolute atomic E-state index is 0.246. The lowest BCUT2D eigenvalue weighted by Gasteiger charge is -2.10. The molecule has 5 rings (SSSR count). The van der Waals surface area contributed by atoms with E-state index in [0.717, 1.165) is 16.7 Å². The molecule has 0 amide bonds. The van der Waals surface area contributed by atoms with E-state index in [1.54, 1.807) is 28.8 Å². The number of aromatic nitrogens is 4. The van der Waals surface area contributed by atoms with Gasteiger partial charge in [-0.15, -0.1) is 0 Å². The molecular formula is C26H22Cl2N6O. The molecule has 0 saturated carbocycles. The van der Waals surface area contributed by atoms with Crippen molar-refractivity contribution in [2.45, 2.75) is 13.5 Å². The van der Waals surface area contributed by atoms with Gasteiger partial charge in [-0.25, -0.2) is 9.97 Å². The number of nitrogens with two attached hydrogens (primary N) is 1. The summed E-state index contributed by atoms with van der Waals surface area (Å²) < 4.78 is 1.80. The maximum atomic E-state index is 13.3. The van der Waals surface area contributed by atoms with Gasteiger partial charge in [-0.2, -0.15) is 0 Å². The fourth-order valence-electron chi connectivity index (χ4n) is 4.09. The van der Waals surface area contributed by atoms with Crippen LogP contribution in [0.4, 0.5) is 11.6 Å². The summed E-state index contributed by atoms with van der Waals surface area (Å²) in [5, 5.41) is 4.58. The Morgan fingerprint density at radius 3 is 2.54 bits per heavy atom. The zero-order valence-electron chi connectivity index (χ0n) is 19.1. The number of para-hydroxylation sites is 1. The van der Waals surface area contributed by atoms with Gasteiger partial charge >= 0.3 is 0 Å². The van der Waals surface area contributed by atoms with Crippen LogP contribution < -0.4 is 16.6 Å². The molecule has 0 unspecified atom stereocenters. The number of fused-ring (bicyclic) bond motifs is 3. The number of allylic oxidation sites excluding steroid dienone is 1. The molecule has 0 atom stereocenters. The zero-order chi connectivity index (χ0) is 24.7. The normalized spacial score (nSPS) is 12.0. The van der Waals surface area contributed by atoms with Gasteiger partial charge in [0.15, 0.2) is 0 Å². The van der Waals surface area contributed by atoms with Gasteiger partial charge in [0.2, 0.25) is 5.95 Å². The van der Waals surface area contributed by atoms with Crippen LogP contribution in [0.25, 0.3) is 33.6 Å². The summed E-state index contributed by atoms with van der Waals surface area (Å²) in [4.78, 5) is 25.6. The summed E-state index contributed by atoms with van der Waals surface area (Å²) in [5.74, 6) is 1.00. The van der Waals surface area contributed by atoms with Gasteiger partial charge in [0.05, 0.1) is 37.7 Å². The van der Waals surface area contributed by atoms with E-state index in [1.165, 1.54) is 0 Å². The van der Waals surface area contributed by atoms with Crippen molar-refractivity contribution >= 4 is 68.4 Å². The zero-order valence-corrected chi connectivity index (χ0v) is 20.6. The van der Waals surface area contributed by atoms with Gasteiger partial charge in [-0.3, -0.25) is 4.79 Å². The number of aromatic amines is 1. The van der Waals surface area contributed by atoms with Crippen LogP contribution in [0.15, 0.2) is 59.4 Å². The minimum Gasteiger partial charge on any atom is -0.326 e. The number of nitrogens with one attached hydrogen (secondary N) is 2. The number of imidazole rings is 1. The van der Waals surface area contributed by atoms with Crippen molar-refractivity contribution in [2.24, 2.45) is 12.8 Å². The standard InChI is InChI=1S/C26H22Cl2N6O/c1-14(11-15-5-3-6-16(12-15)13-29)24-30-19-9-10-20-23(21(19)25(35)33-24)34(2)26(31-20)32-22-17(27)7-4-8-18(22)28/h3-12H,13,29H2,1-2H3,(H,31,32)(H,30,33,35). The first-order chi connectivity index (χ1) is 16.9. The number of anilines is 2. The van der Waals surface area contributed by atoms with Crippen LogP contribution in [0.3, 0.4) is 0 Å². The van der Waals surface area contributed by atoms with Crippen LogP contribution in [-0.4, -0.2) is 19.5 Å². The van der Waals surface area contributed by atoms with Crippen molar-refractivity contribution < 1.29 is 0 Å². The Kier molecular flexibility index (Phi) is 6.06. The van der Waals surface area contributed by atoms with Crippen LogP contribution in [0.1, 0.15) is 23.9 Å². The maximum Gasteiger partial charge on any atom is 0.261 e. The molecule has 176 valence electrons. The first-order valence-corrected chi connectivity index (χ1v) is 11.7. The van der Waals surface area contributed by atoms with E-state index in [9.17, 15) is 4.79 Å². The van der Waals surface area contributed by atoms with E-state index in [1.807, 2.05) is 50.4 Å². The van der Waals surface area contributed by atoms with Crippen LogP contribution in [0.5, 0.6) is 0 Å². The lowest BCUT2D eigenvalue weighted by molar-refractivity contribution is 0.960. The van der Waals surface area contributed by atoms with Gasteiger partial charge in [0.1, 0.15) is 5.82 Å². The Labute approximate surface area is 211 Å². The minimum atomic E-state index is -0.246. The third kappa shape index (κ3) is 4.30. The van der Waals surface area contributed by atoms with Gasteiger partial charge in [-0.05, 0) is 54.0 Å². The Hall–Kier alpha value is -3.65. The summed E-state index contributed by atoms with van der Waals surface area (Å²) in [6.07, 6.45) is 1.97. The third-order valence-corrected chi connectivity index (χ3v) is 6.48. The van der Waals surface area contributed by atoms with Crippen LogP contribution in [-0.2, 0) is 13.6 Å².